The first kappa shape index (κ1) is 33.4. The SMILES string of the molecule is CC(C)C(=O)N1CCC(n2nc(-c3ccc(NC(=O)c4cc(Cl)c(CN5CCC5)n(-c5ccc(F)cc5)c4=O)cc3)c3c(N)ncnc32)CC1. The molecule has 50 heavy (non-hydrogen) atoms. The van der Waals surface area contributed by atoms with Gasteiger partial charge in [0.2, 0.25) is 5.91 Å². The molecule has 0 radical (unpaired) electrons. The predicted octanol–water partition coefficient (Wildman–Crippen LogP) is 5.30. The van der Waals surface area contributed by atoms with Crippen LogP contribution in [0.5, 0.6) is 0 Å². The standard InChI is InChI=1S/C36H37ClFN9O3/c1-21(2)35(49)45-16-12-26(13-17-45)47-33-30(32(39)40-20-41-33)31(43-47)22-4-8-24(9-5-22)42-34(48)27-18-28(37)29(19-44-14-3-15-44)46(36(27)50)25-10-6-23(38)7-11-25/h4-11,18,20-21,26H,3,12-17,19H2,1-2H3,(H,42,48)(H2,39,40,41). The molecule has 0 unspecified atom stereocenters. The van der Waals surface area contributed by atoms with Crippen LogP contribution in [0.2, 0.25) is 5.02 Å². The van der Waals surface area contributed by atoms with Crippen LogP contribution in [-0.2, 0) is 11.3 Å². The van der Waals surface area contributed by atoms with Gasteiger partial charge in [-0.1, -0.05) is 37.6 Å². The number of rotatable bonds is 8. The number of aromatic nitrogens is 5. The summed E-state index contributed by atoms with van der Waals surface area (Å²) >= 11 is 6.71. The summed E-state index contributed by atoms with van der Waals surface area (Å²) in [4.78, 5) is 52.7. The topological polar surface area (TPSA) is 144 Å². The van der Waals surface area contributed by atoms with Gasteiger partial charge in [0.25, 0.3) is 11.5 Å². The Morgan fingerprint density at radius 3 is 2.36 bits per heavy atom. The van der Waals surface area contributed by atoms with E-state index < -0.39 is 17.3 Å². The van der Waals surface area contributed by atoms with Crippen LogP contribution in [0.25, 0.3) is 28.0 Å². The molecular weight excluding hydrogens is 661 g/mol. The van der Waals surface area contributed by atoms with E-state index in [-0.39, 0.29) is 28.5 Å². The van der Waals surface area contributed by atoms with Gasteiger partial charge in [0.1, 0.15) is 29.2 Å². The van der Waals surface area contributed by atoms with Crippen molar-refractivity contribution >= 4 is 46.0 Å². The lowest BCUT2D eigenvalue weighted by Gasteiger charge is -2.33. The number of pyridine rings is 1. The number of nitrogen functional groups attached to an aromatic ring is 1. The summed E-state index contributed by atoms with van der Waals surface area (Å²) in [6, 6.07) is 14.0. The zero-order valence-electron chi connectivity index (χ0n) is 27.8. The fraction of sp³-hybridized carbons (Fsp3) is 0.333. The second kappa shape index (κ2) is 13.6. The molecule has 2 aromatic carbocycles. The van der Waals surface area contributed by atoms with Crippen LogP contribution < -0.4 is 16.6 Å². The first-order chi connectivity index (χ1) is 24.1. The van der Waals surface area contributed by atoms with Crippen molar-refractivity contribution in [2.24, 2.45) is 5.92 Å². The van der Waals surface area contributed by atoms with Gasteiger partial charge in [-0.3, -0.25) is 23.9 Å². The molecule has 3 aromatic heterocycles. The molecule has 2 aliphatic rings. The van der Waals surface area contributed by atoms with E-state index in [9.17, 15) is 18.8 Å². The molecule has 3 N–H and O–H groups in total. The molecule has 2 amide bonds. The average molecular weight is 698 g/mol. The molecule has 14 heteroatoms. The number of nitrogens with two attached hydrogens (primary N) is 1. The minimum absolute atomic E-state index is 0.0263. The van der Waals surface area contributed by atoms with Crippen LogP contribution in [0.3, 0.4) is 0 Å². The minimum Gasteiger partial charge on any atom is -0.383 e. The van der Waals surface area contributed by atoms with Crippen molar-refractivity contribution in [1.82, 2.24) is 34.1 Å². The highest BCUT2D eigenvalue weighted by Crippen LogP contribution is 2.35. The van der Waals surface area contributed by atoms with E-state index in [2.05, 4.69) is 20.2 Å². The Balaban J connectivity index is 1.15. The maximum absolute atomic E-state index is 13.8. The lowest BCUT2D eigenvalue weighted by atomic mass is 10.0. The Morgan fingerprint density at radius 2 is 1.72 bits per heavy atom. The molecule has 2 fully saturated rings. The lowest BCUT2D eigenvalue weighted by molar-refractivity contribution is -0.135. The fourth-order valence-electron chi connectivity index (χ4n) is 6.60. The highest BCUT2D eigenvalue weighted by atomic mass is 35.5. The molecule has 258 valence electrons. The molecule has 0 atom stereocenters. The van der Waals surface area contributed by atoms with Crippen LogP contribution in [-0.4, -0.2) is 72.1 Å². The van der Waals surface area contributed by atoms with E-state index in [0.717, 1.165) is 37.9 Å². The predicted molar refractivity (Wildman–Crippen MR) is 190 cm³/mol. The largest absolute Gasteiger partial charge is 0.383 e. The number of hydrogen-bond acceptors (Lipinski definition) is 8. The number of benzene rings is 2. The molecule has 2 aliphatic heterocycles. The van der Waals surface area contributed by atoms with Gasteiger partial charge in [-0.15, -0.1) is 0 Å². The fourth-order valence-corrected chi connectivity index (χ4v) is 6.86. The molecule has 0 saturated carbocycles. The summed E-state index contributed by atoms with van der Waals surface area (Å²) in [6.45, 7) is 7.26. The van der Waals surface area contributed by atoms with Crippen molar-refractivity contribution in [1.29, 1.82) is 0 Å². The first-order valence-corrected chi connectivity index (χ1v) is 17.1. The average Bonchev–Trinajstić information content (AvgIpc) is 3.49. The minimum atomic E-state index is -0.634. The van der Waals surface area contributed by atoms with Crippen LogP contribution in [0.1, 0.15) is 55.2 Å². The third-order valence-corrected chi connectivity index (χ3v) is 9.78. The molecule has 0 aliphatic carbocycles. The summed E-state index contributed by atoms with van der Waals surface area (Å²) in [6.07, 6.45) is 3.94. The van der Waals surface area contributed by atoms with Crippen LogP contribution in [0.15, 0.2) is 65.7 Å². The molecule has 12 nitrogen and oxygen atoms in total. The molecule has 0 spiro atoms. The third-order valence-electron chi connectivity index (χ3n) is 9.45. The monoisotopic (exact) mass is 697 g/mol. The van der Waals surface area contributed by atoms with Gasteiger partial charge >= 0.3 is 0 Å². The smallest absolute Gasteiger partial charge is 0.268 e. The summed E-state index contributed by atoms with van der Waals surface area (Å²) in [7, 11) is 0. The zero-order valence-corrected chi connectivity index (χ0v) is 28.5. The van der Waals surface area contributed by atoms with Crippen molar-refractivity contribution < 1.29 is 14.0 Å². The molecule has 2 saturated heterocycles. The summed E-state index contributed by atoms with van der Waals surface area (Å²) < 4.78 is 17.0. The van der Waals surface area contributed by atoms with E-state index in [4.69, 9.17) is 22.4 Å². The van der Waals surface area contributed by atoms with Crippen LogP contribution in [0, 0.1) is 11.7 Å². The number of piperidine rings is 1. The van der Waals surface area contributed by atoms with Gasteiger partial charge in [-0.05, 0) is 74.8 Å². The molecule has 5 heterocycles. The Hall–Kier alpha value is -5.14. The molecule has 7 rings (SSSR count). The third kappa shape index (κ3) is 6.34. The molecule has 0 bridgehead atoms. The quantitative estimate of drug-likeness (QED) is 0.223. The van der Waals surface area contributed by atoms with Gasteiger partial charge < -0.3 is 16.0 Å². The number of anilines is 2. The second-order valence-electron chi connectivity index (χ2n) is 13.1. The number of amides is 2. The van der Waals surface area contributed by atoms with Crippen LogP contribution in [0.4, 0.5) is 15.9 Å². The number of likely N-dealkylation sites (tertiary alicyclic amines) is 2. The van der Waals surface area contributed by atoms with E-state index in [1.807, 2.05) is 23.4 Å². The number of hydrogen-bond donors (Lipinski definition) is 2. The number of carbonyl (C=O) groups is 2. The van der Waals surface area contributed by atoms with Crippen molar-refractivity contribution in [3.63, 3.8) is 0 Å². The Morgan fingerprint density at radius 1 is 1.02 bits per heavy atom. The zero-order chi connectivity index (χ0) is 35.1. The number of carbonyl (C=O) groups excluding carboxylic acids is 2. The van der Waals surface area contributed by atoms with E-state index >= 15 is 0 Å². The van der Waals surface area contributed by atoms with Crippen molar-refractivity contribution in [2.45, 2.75) is 45.7 Å². The maximum Gasteiger partial charge on any atom is 0.268 e. The van der Waals surface area contributed by atoms with Gasteiger partial charge in [0, 0.05) is 42.5 Å². The Bertz CT molecular complexity index is 2140. The van der Waals surface area contributed by atoms with E-state index in [1.165, 1.54) is 41.2 Å². The second-order valence-corrected chi connectivity index (χ2v) is 13.5. The highest BCUT2D eigenvalue weighted by Gasteiger charge is 2.29. The van der Waals surface area contributed by atoms with E-state index in [1.54, 1.807) is 24.3 Å². The number of nitrogens with one attached hydrogen (secondary N) is 1. The first-order valence-electron chi connectivity index (χ1n) is 16.7. The van der Waals surface area contributed by atoms with Gasteiger partial charge in [0.05, 0.1) is 22.1 Å². The van der Waals surface area contributed by atoms with Crippen molar-refractivity contribution in [2.75, 3.05) is 37.2 Å². The highest BCUT2D eigenvalue weighted by molar-refractivity contribution is 6.31. The normalized spacial score (nSPS) is 15.4. The van der Waals surface area contributed by atoms with Gasteiger partial charge in [0.15, 0.2) is 5.65 Å². The number of halogens is 2. The number of nitrogens with zero attached hydrogens (tertiary/aromatic N) is 7. The number of fused-ring (bicyclic) bond motifs is 1. The molecule has 5 aromatic rings. The lowest BCUT2D eigenvalue weighted by Crippen LogP contribution is -2.41. The Labute approximate surface area is 292 Å². The van der Waals surface area contributed by atoms with Crippen molar-refractivity contribution in [3.05, 3.63) is 93.4 Å². The van der Waals surface area contributed by atoms with E-state index in [0.29, 0.717) is 59.2 Å². The van der Waals surface area contributed by atoms with Gasteiger partial charge in [-0.2, -0.15) is 5.10 Å². The summed E-state index contributed by atoms with van der Waals surface area (Å²) in [5, 5.41) is 8.65. The van der Waals surface area contributed by atoms with Crippen LogP contribution >= 0.6 is 11.6 Å². The summed E-state index contributed by atoms with van der Waals surface area (Å²) in [5.41, 5.74) is 8.99. The Kier molecular flexibility index (Phi) is 9.10. The molecular formula is C36H37ClFN9O3. The summed E-state index contributed by atoms with van der Waals surface area (Å²) in [5.74, 6) is -0.681. The maximum atomic E-state index is 13.8. The van der Waals surface area contributed by atoms with Gasteiger partial charge in [-0.25, -0.2) is 19.0 Å². The van der Waals surface area contributed by atoms with Crippen molar-refractivity contribution in [3.8, 4) is 16.9 Å².